The largest absolute Gasteiger partial charge is 0.340 e. The Morgan fingerprint density at radius 3 is 2.94 bits per heavy atom. The van der Waals surface area contributed by atoms with Crippen molar-refractivity contribution in [2.24, 2.45) is 0 Å². The molecule has 1 unspecified atom stereocenters. The first-order chi connectivity index (χ1) is 8.58. The highest BCUT2D eigenvalue weighted by Crippen LogP contribution is 2.12. The second kappa shape index (κ2) is 5.48. The number of halogens is 1. The van der Waals surface area contributed by atoms with E-state index in [1.807, 2.05) is 0 Å². The summed E-state index contributed by atoms with van der Waals surface area (Å²) in [4.78, 5) is 13.8. The van der Waals surface area contributed by atoms with Crippen molar-refractivity contribution in [1.29, 1.82) is 0 Å². The van der Waals surface area contributed by atoms with Crippen LogP contribution < -0.4 is 5.32 Å². The van der Waals surface area contributed by atoms with Gasteiger partial charge in [-0.1, -0.05) is 6.07 Å². The van der Waals surface area contributed by atoms with Crippen LogP contribution in [0.25, 0.3) is 0 Å². The first-order valence-corrected chi connectivity index (χ1v) is 6.33. The number of carbonyl (C=O) groups excluding carboxylic acids is 1. The number of amides is 1. The lowest BCUT2D eigenvalue weighted by Crippen LogP contribution is -2.38. The molecular weight excluding hydrogens is 231 g/mol. The Kier molecular flexibility index (Phi) is 3.97. The van der Waals surface area contributed by atoms with Gasteiger partial charge in [0.05, 0.1) is 0 Å². The molecule has 1 aliphatic rings. The summed E-state index contributed by atoms with van der Waals surface area (Å²) in [6.45, 7) is 3.38. The van der Waals surface area contributed by atoms with Gasteiger partial charge in [-0.15, -0.1) is 0 Å². The predicted octanol–water partition coefficient (Wildman–Crippen LogP) is 1.96. The van der Waals surface area contributed by atoms with Gasteiger partial charge >= 0.3 is 0 Å². The molecule has 0 saturated carbocycles. The van der Waals surface area contributed by atoms with Crippen LogP contribution in [0.3, 0.4) is 0 Å². The zero-order valence-electron chi connectivity index (χ0n) is 10.9. The molecule has 3 nitrogen and oxygen atoms in total. The smallest absolute Gasteiger partial charge is 0.253 e. The van der Waals surface area contributed by atoms with Crippen LogP contribution >= 0.6 is 0 Å². The van der Waals surface area contributed by atoms with Gasteiger partial charge in [-0.2, -0.15) is 0 Å². The average Bonchev–Trinajstić information content (AvgIpc) is 2.84. The maximum atomic E-state index is 13.4. The number of nitrogens with zero attached hydrogens (tertiary/aromatic N) is 1. The molecule has 0 aromatic heterocycles. The summed E-state index contributed by atoms with van der Waals surface area (Å²) in [5.41, 5.74) is 0.977. The van der Waals surface area contributed by atoms with E-state index in [0.29, 0.717) is 23.7 Å². The minimum absolute atomic E-state index is 0.123. The normalized spacial score (nSPS) is 18.9. The van der Waals surface area contributed by atoms with Crippen LogP contribution in [0, 0.1) is 12.7 Å². The summed E-state index contributed by atoms with van der Waals surface area (Å²) < 4.78 is 13.4. The third kappa shape index (κ3) is 2.88. The van der Waals surface area contributed by atoms with E-state index in [-0.39, 0.29) is 11.7 Å². The summed E-state index contributed by atoms with van der Waals surface area (Å²) in [7, 11) is 1.76. The minimum Gasteiger partial charge on any atom is -0.340 e. The molecule has 1 aromatic carbocycles. The molecule has 1 saturated heterocycles. The third-order valence-electron chi connectivity index (χ3n) is 3.42. The van der Waals surface area contributed by atoms with E-state index in [0.717, 1.165) is 19.4 Å². The number of aryl methyl sites for hydroxylation is 1. The number of likely N-dealkylation sites (N-methyl/N-ethyl adjacent to an activating group) is 1. The molecule has 2 rings (SSSR count). The Balaban J connectivity index is 2.02. The lowest BCUT2D eigenvalue weighted by atomic mass is 10.1. The zero-order chi connectivity index (χ0) is 13.1. The number of benzene rings is 1. The van der Waals surface area contributed by atoms with Crippen molar-refractivity contribution in [3.63, 3.8) is 0 Å². The molecule has 4 heteroatoms. The topological polar surface area (TPSA) is 32.3 Å². The van der Waals surface area contributed by atoms with Crippen LogP contribution in [0.2, 0.25) is 0 Å². The van der Waals surface area contributed by atoms with Crippen LogP contribution in [0.4, 0.5) is 4.39 Å². The molecule has 1 N–H and O–H groups in total. The van der Waals surface area contributed by atoms with Crippen LogP contribution in [0.5, 0.6) is 0 Å². The van der Waals surface area contributed by atoms with Gasteiger partial charge < -0.3 is 10.2 Å². The maximum Gasteiger partial charge on any atom is 0.253 e. The predicted molar refractivity (Wildman–Crippen MR) is 69.1 cm³/mol. The monoisotopic (exact) mass is 250 g/mol. The van der Waals surface area contributed by atoms with Gasteiger partial charge in [-0.25, -0.2) is 4.39 Å². The van der Waals surface area contributed by atoms with E-state index in [2.05, 4.69) is 5.32 Å². The van der Waals surface area contributed by atoms with Crippen molar-refractivity contribution >= 4 is 5.91 Å². The molecule has 1 heterocycles. The molecule has 1 atom stereocenters. The van der Waals surface area contributed by atoms with Crippen molar-refractivity contribution in [2.75, 3.05) is 20.1 Å². The van der Waals surface area contributed by atoms with Gasteiger partial charge in [-0.3, -0.25) is 4.79 Å². The van der Waals surface area contributed by atoms with Gasteiger partial charge in [0.25, 0.3) is 5.91 Å². The minimum atomic E-state index is -0.326. The van der Waals surface area contributed by atoms with E-state index in [9.17, 15) is 9.18 Å². The van der Waals surface area contributed by atoms with E-state index in [1.165, 1.54) is 6.07 Å². The van der Waals surface area contributed by atoms with Crippen LogP contribution in [0.1, 0.15) is 28.8 Å². The third-order valence-corrected chi connectivity index (χ3v) is 3.42. The molecule has 0 bridgehead atoms. The second-order valence-corrected chi connectivity index (χ2v) is 4.94. The number of hydrogen-bond acceptors (Lipinski definition) is 2. The zero-order valence-corrected chi connectivity index (χ0v) is 10.9. The van der Waals surface area contributed by atoms with Crippen molar-refractivity contribution in [2.45, 2.75) is 25.8 Å². The lowest BCUT2D eigenvalue weighted by molar-refractivity contribution is 0.0783. The van der Waals surface area contributed by atoms with E-state index in [1.54, 1.807) is 31.0 Å². The Hall–Kier alpha value is -1.42. The fourth-order valence-electron chi connectivity index (χ4n) is 2.27. The first-order valence-electron chi connectivity index (χ1n) is 6.33. The fourth-order valence-corrected chi connectivity index (χ4v) is 2.27. The average molecular weight is 250 g/mol. The molecule has 18 heavy (non-hydrogen) atoms. The summed E-state index contributed by atoms with van der Waals surface area (Å²) in [5.74, 6) is -0.448. The van der Waals surface area contributed by atoms with Gasteiger partial charge in [0.2, 0.25) is 0 Å². The molecule has 1 amide bonds. The Bertz CT molecular complexity index is 441. The molecular formula is C14H19FN2O. The van der Waals surface area contributed by atoms with Crippen molar-refractivity contribution in [3.05, 3.63) is 35.1 Å². The Morgan fingerprint density at radius 2 is 2.33 bits per heavy atom. The van der Waals surface area contributed by atoms with Crippen molar-refractivity contribution in [3.8, 4) is 0 Å². The van der Waals surface area contributed by atoms with E-state index < -0.39 is 0 Å². The summed E-state index contributed by atoms with van der Waals surface area (Å²) in [5, 5.41) is 3.35. The Labute approximate surface area is 107 Å². The summed E-state index contributed by atoms with van der Waals surface area (Å²) in [6.07, 6.45) is 2.26. The van der Waals surface area contributed by atoms with E-state index >= 15 is 0 Å². The van der Waals surface area contributed by atoms with Gasteiger partial charge in [-0.05, 0) is 44.0 Å². The summed E-state index contributed by atoms with van der Waals surface area (Å²) in [6, 6.07) is 5.01. The van der Waals surface area contributed by atoms with Crippen molar-refractivity contribution in [1.82, 2.24) is 10.2 Å². The number of nitrogens with one attached hydrogen (secondary N) is 1. The molecule has 98 valence electrons. The molecule has 0 aliphatic carbocycles. The van der Waals surface area contributed by atoms with Gasteiger partial charge in [0, 0.05) is 25.2 Å². The van der Waals surface area contributed by atoms with E-state index in [4.69, 9.17) is 0 Å². The standard InChI is InChI=1S/C14H19FN2O/c1-10-5-6-11(8-13(10)15)14(18)17(2)9-12-4-3-7-16-12/h5-6,8,12,16H,3-4,7,9H2,1-2H3. The number of hydrogen-bond donors (Lipinski definition) is 1. The molecule has 0 radical (unpaired) electrons. The highest BCUT2D eigenvalue weighted by atomic mass is 19.1. The van der Waals surface area contributed by atoms with Gasteiger partial charge in [0.1, 0.15) is 5.82 Å². The molecule has 1 aromatic rings. The number of carbonyl (C=O) groups is 1. The van der Waals surface area contributed by atoms with Crippen molar-refractivity contribution < 1.29 is 9.18 Å². The second-order valence-electron chi connectivity index (χ2n) is 4.94. The highest BCUT2D eigenvalue weighted by Gasteiger charge is 2.20. The first kappa shape index (κ1) is 13.0. The Morgan fingerprint density at radius 1 is 1.56 bits per heavy atom. The molecule has 1 fully saturated rings. The van der Waals surface area contributed by atoms with Gasteiger partial charge in [0.15, 0.2) is 0 Å². The molecule has 0 spiro atoms. The SMILES string of the molecule is Cc1ccc(C(=O)N(C)CC2CCCN2)cc1F. The van der Waals surface area contributed by atoms with Crippen LogP contribution in [-0.4, -0.2) is 37.0 Å². The highest BCUT2D eigenvalue weighted by molar-refractivity contribution is 5.94. The summed E-state index contributed by atoms with van der Waals surface area (Å²) >= 11 is 0. The quantitative estimate of drug-likeness (QED) is 0.889. The molecule has 1 aliphatic heterocycles. The maximum absolute atomic E-state index is 13.4. The van der Waals surface area contributed by atoms with Crippen LogP contribution in [-0.2, 0) is 0 Å². The number of rotatable bonds is 3. The van der Waals surface area contributed by atoms with Crippen LogP contribution in [0.15, 0.2) is 18.2 Å². The lowest BCUT2D eigenvalue weighted by Gasteiger charge is -2.21. The fraction of sp³-hybridized carbons (Fsp3) is 0.500.